The molecule has 2 N–H and O–H groups in total. The molecule has 2 aromatic carbocycles. The monoisotopic (exact) mass is 486 g/mol. The number of nitrogens with one attached hydrogen (secondary N) is 2. The molecule has 35 heavy (non-hydrogen) atoms. The van der Waals surface area contributed by atoms with Crippen LogP contribution in [0.15, 0.2) is 72.1 Å². The van der Waals surface area contributed by atoms with Crippen LogP contribution in [0.5, 0.6) is 0 Å². The van der Waals surface area contributed by atoms with Crippen LogP contribution >= 0.6 is 11.8 Å². The van der Waals surface area contributed by atoms with E-state index in [9.17, 15) is 9.59 Å². The SMILES string of the molecule is O=C(CSc1ccccc1C(=O)Nc1cccc(-n2ccnc2)c1)NC12CC3CC(CC(C3)C1)C2. The van der Waals surface area contributed by atoms with Gasteiger partial charge in [-0.25, -0.2) is 4.98 Å². The third-order valence-electron chi connectivity index (χ3n) is 7.84. The highest BCUT2D eigenvalue weighted by Gasteiger charge is 2.51. The van der Waals surface area contributed by atoms with Crippen LogP contribution in [0.1, 0.15) is 48.9 Å². The summed E-state index contributed by atoms with van der Waals surface area (Å²) in [7, 11) is 0. The number of nitrogens with zero attached hydrogens (tertiary/aromatic N) is 2. The number of hydrogen-bond acceptors (Lipinski definition) is 4. The van der Waals surface area contributed by atoms with Gasteiger partial charge < -0.3 is 15.2 Å². The number of carbonyl (C=O) groups excluding carboxylic acids is 2. The van der Waals surface area contributed by atoms with Crippen LogP contribution in [0.2, 0.25) is 0 Å². The first-order valence-electron chi connectivity index (χ1n) is 12.5. The predicted molar refractivity (Wildman–Crippen MR) is 138 cm³/mol. The highest BCUT2D eigenvalue weighted by Crippen LogP contribution is 2.55. The van der Waals surface area contributed by atoms with Crippen molar-refractivity contribution in [3.63, 3.8) is 0 Å². The maximum Gasteiger partial charge on any atom is 0.256 e. The topological polar surface area (TPSA) is 76.0 Å². The molecule has 4 aliphatic carbocycles. The minimum atomic E-state index is -0.183. The van der Waals surface area contributed by atoms with Gasteiger partial charge in [0.05, 0.1) is 17.6 Å². The molecule has 6 nitrogen and oxygen atoms in total. The van der Waals surface area contributed by atoms with Crippen LogP contribution < -0.4 is 10.6 Å². The van der Waals surface area contributed by atoms with Crippen LogP contribution in [0, 0.1) is 17.8 Å². The van der Waals surface area contributed by atoms with Crippen LogP contribution in [-0.2, 0) is 4.79 Å². The largest absolute Gasteiger partial charge is 0.350 e. The van der Waals surface area contributed by atoms with Gasteiger partial charge >= 0.3 is 0 Å². The molecule has 0 unspecified atom stereocenters. The molecule has 0 spiro atoms. The quantitative estimate of drug-likeness (QED) is 0.444. The number of amides is 2. The van der Waals surface area contributed by atoms with E-state index in [1.807, 2.05) is 59.3 Å². The molecule has 1 heterocycles. The van der Waals surface area contributed by atoms with Crippen LogP contribution in [0.4, 0.5) is 5.69 Å². The van der Waals surface area contributed by atoms with Crippen molar-refractivity contribution in [1.82, 2.24) is 14.9 Å². The maximum absolute atomic E-state index is 13.1. The summed E-state index contributed by atoms with van der Waals surface area (Å²) in [6.45, 7) is 0. The molecule has 0 atom stereocenters. The standard InChI is InChI=1S/C28H30N4O2S/c33-26(31-28-14-19-10-20(15-28)12-21(11-19)16-28)17-35-25-7-2-1-6-24(25)27(34)30-22-4-3-5-23(13-22)32-9-8-29-18-32/h1-9,13,18-21H,10-12,14-17H2,(H,30,34)(H,31,33). The summed E-state index contributed by atoms with van der Waals surface area (Å²) in [6, 6.07) is 15.1. The van der Waals surface area contributed by atoms with Gasteiger partial charge in [0, 0.05) is 34.2 Å². The molecular weight excluding hydrogens is 456 g/mol. The number of carbonyl (C=O) groups is 2. The first-order valence-corrected chi connectivity index (χ1v) is 13.5. The summed E-state index contributed by atoms with van der Waals surface area (Å²) in [5, 5.41) is 6.44. The molecule has 7 heteroatoms. The molecule has 4 aliphatic rings. The van der Waals surface area contributed by atoms with Crippen molar-refractivity contribution in [2.24, 2.45) is 17.8 Å². The summed E-state index contributed by atoms with van der Waals surface area (Å²) in [6.07, 6.45) is 12.8. The highest BCUT2D eigenvalue weighted by molar-refractivity contribution is 8.00. The van der Waals surface area contributed by atoms with Crippen molar-refractivity contribution in [2.45, 2.75) is 49.0 Å². The second-order valence-electron chi connectivity index (χ2n) is 10.5. The molecule has 0 radical (unpaired) electrons. The van der Waals surface area contributed by atoms with Crippen molar-refractivity contribution < 1.29 is 9.59 Å². The van der Waals surface area contributed by atoms with E-state index in [0.717, 1.165) is 47.6 Å². The normalized spacial score (nSPS) is 26.5. The van der Waals surface area contributed by atoms with Gasteiger partial charge in [-0.1, -0.05) is 18.2 Å². The minimum Gasteiger partial charge on any atom is -0.350 e. The van der Waals surface area contributed by atoms with Gasteiger partial charge in [0.25, 0.3) is 5.91 Å². The van der Waals surface area contributed by atoms with Gasteiger partial charge in [-0.3, -0.25) is 9.59 Å². The maximum atomic E-state index is 13.1. The lowest BCUT2D eigenvalue weighted by atomic mass is 9.53. The lowest BCUT2D eigenvalue weighted by molar-refractivity contribution is -0.124. The molecule has 0 aliphatic heterocycles. The number of anilines is 1. The Morgan fingerprint density at radius 3 is 2.46 bits per heavy atom. The smallest absolute Gasteiger partial charge is 0.256 e. The van der Waals surface area contributed by atoms with E-state index in [0.29, 0.717) is 17.0 Å². The number of hydrogen-bond donors (Lipinski definition) is 2. The zero-order valence-electron chi connectivity index (χ0n) is 19.7. The van der Waals surface area contributed by atoms with E-state index < -0.39 is 0 Å². The second-order valence-corrected chi connectivity index (χ2v) is 11.5. The highest BCUT2D eigenvalue weighted by atomic mass is 32.2. The molecule has 4 bridgehead atoms. The van der Waals surface area contributed by atoms with E-state index in [-0.39, 0.29) is 17.4 Å². The van der Waals surface area contributed by atoms with Gasteiger partial charge in [0.2, 0.25) is 5.91 Å². The van der Waals surface area contributed by atoms with Gasteiger partial charge in [0.1, 0.15) is 0 Å². The molecule has 7 rings (SSSR count). The van der Waals surface area contributed by atoms with E-state index in [4.69, 9.17) is 0 Å². The molecule has 2 amide bonds. The van der Waals surface area contributed by atoms with Gasteiger partial charge in [-0.15, -0.1) is 11.8 Å². The molecule has 4 saturated carbocycles. The lowest BCUT2D eigenvalue weighted by Crippen LogP contribution is -2.60. The fourth-order valence-electron chi connectivity index (χ4n) is 6.87. The summed E-state index contributed by atoms with van der Waals surface area (Å²) in [5.41, 5.74) is 2.22. The average Bonchev–Trinajstić information content (AvgIpc) is 3.37. The lowest BCUT2D eigenvalue weighted by Gasteiger charge is -2.56. The van der Waals surface area contributed by atoms with E-state index >= 15 is 0 Å². The van der Waals surface area contributed by atoms with Crippen molar-refractivity contribution in [3.05, 3.63) is 72.8 Å². The molecule has 1 aromatic heterocycles. The average molecular weight is 487 g/mol. The number of imidazole rings is 1. The number of benzene rings is 2. The Morgan fingerprint density at radius 2 is 1.74 bits per heavy atom. The Hall–Kier alpha value is -3.06. The van der Waals surface area contributed by atoms with Crippen LogP contribution in [0.3, 0.4) is 0 Å². The summed E-state index contributed by atoms with van der Waals surface area (Å²) >= 11 is 1.44. The first kappa shape index (κ1) is 22.4. The minimum absolute atomic E-state index is 0.0174. The summed E-state index contributed by atoms with van der Waals surface area (Å²) in [5.74, 6) is 2.61. The molecule has 0 saturated heterocycles. The zero-order valence-corrected chi connectivity index (χ0v) is 20.5. The van der Waals surface area contributed by atoms with Crippen molar-refractivity contribution in [2.75, 3.05) is 11.1 Å². The van der Waals surface area contributed by atoms with E-state index in [1.54, 1.807) is 12.5 Å². The molecule has 3 aromatic rings. The summed E-state index contributed by atoms with van der Waals surface area (Å²) < 4.78 is 1.89. The van der Waals surface area contributed by atoms with E-state index in [2.05, 4.69) is 15.6 Å². The summed E-state index contributed by atoms with van der Waals surface area (Å²) in [4.78, 5) is 31.0. The Balaban J connectivity index is 1.10. The van der Waals surface area contributed by atoms with Crippen LogP contribution in [0.25, 0.3) is 5.69 Å². The van der Waals surface area contributed by atoms with Gasteiger partial charge in [-0.2, -0.15) is 0 Å². The Labute approximate surface area is 209 Å². The van der Waals surface area contributed by atoms with Crippen LogP contribution in [-0.4, -0.2) is 32.7 Å². The van der Waals surface area contributed by atoms with Crippen molar-refractivity contribution in [3.8, 4) is 5.69 Å². The molecule has 4 fully saturated rings. The Kier molecular flexibility index (Phi) is 5.88. The first-order chi connectivity index (χ1) is 17.1. The van der Waals surface area contributed by atoms with Gasteiger partial charge in [0.15, 0.2) is 0 Å². The molecule has 180 valence electrons. The van der Waals surface area contributed by atoms with Crippen molar-refractivity contribution >= 4 is 29.3 Å². The Morgan fingerprint density at radius 1 is 1.00 bits per heavy atom. The van der Waals surface area contributed by atoms with Gasteiger partial charge in [-0.05, 0) is 86.6 Å². The predicted octanol–water partition coefficient (Wildman–Crippen LogP) is 5.30. The molecular formula is C28H30N4O2S. The zero-order chi connectivity index (χ0) is 23.8. The van der Waals surface area contributed by atoms with Crippen molar-refractivity contribution in [1.29, 1.82) is 0 Å². The Bertz CT molecular complexity index is 1200. The third-order valence-corrected chi connectivity index (χ3v) is 8.91. The fourth-order valence-corrected chi connectivity index (χ4v) is 7.72. The fraction of sp³-hybridized carbons (Fsp3) is 0.393. The van der Waals surface area contributed by atoms with E-state index in [1.165, 1.54) is 31.0 Å². The number of aromatic nitrogens is 2. The third kappa shape index (κ3) is 4.74. The number of thioether (sulfide) groups is 1. The number of rotatable bonds is 7. The second kappa shape index (κ2) is 9.19.